The van der Waals surface area contributed by atoms with E-state index in [1.54, 1.807) is 54.6 Å². The summed E-state index contributed by atoms with van der Waals surface area (Å²) in [5.74, 6) is -1.46. The van der Waals surface area contributed by atoms with Crippen molar-refractivity contribution >= 4 is 40.7 Å². The number of aryl methyl sites for hydroxylation is 2. The van der Waals surface area contributed by atoms with Crippen molar-refractivity contribution in [2.24, 2.45) is 0 Å². The van der Waals surface area contributed by atoms with Gasteiger partial charge < -0.3 is 5.73 Å². The molecule has 0 saturated heterocycles. The summed E-state index contributed by atoms with van der Waals surface area (Å²) in [6, 6.07) is 38.7. The van der Waals surface area contributed by atoms with Gasteiger partial charge in [0.25, 0.3) is 23.6 Å². The van der Waals surface area contributed by atoms with Gasteiger partial charge >= 0.3 is 0 Å². The van der Waals surface area contributed by atoms with Crippen LogP contribution in [0.25, 0.3) is 33.4 Å². The standard InChI is InChI=1S/C42H29N3O4/c1-24-3-5-26(6-4-24)29-11-18-35-37(22-29)41(48)44(39(35)46)32-15-9-28(10-16-32)34-20-17-33(21-25(34)2)45-40(47)36-19-12-30(23-38(36)42(45)49)27-7-13-31(43)14-8-27/h3-23H,43H2,1-2H3. The maximum atomic E-state index is 13.5. The lowest BCUT2D eigenvalue weighted by molar-refractivity contribution is 0.0910. The normalized spacial score (nSPS) is 13.7. The molecule has 7 nitrogen and oxygen atoms in total. The summed E-state index contributed by atoms with van der Waals surface area (Å²) in [5, 5.41) is 0. The van der Waals surface area contributed by atoms with E-state index in [1.165, 1.54) is 9.80 Å². The summed E-state index contributed by atoms with van der Waals surface area (Å²) < 4.78 is 0. The first kappa shape index (κ1) is 29.8. The Bertz CT molecular complexity index is 2380. The van der Waals surface area contributed by atoms with Crippen molar-refractivity contribution in [3.05, 3.63) is 161 Å². The zero-order chi connectivity index (χ0) is 34.0. The number of amides is 4. The van der Waals surface area contributed by atoms with Gasteiger partial charge in [-0.2, -0.15) is 0 Å². The molecule has 2 heterocycles. The van der Waals surface area contributed by atoms with Crippen molar-refractivity contribution in [1.29, 1.82) is 0 Å². The summed E-state index contributed by atoms with van der Waals surface area (Å²) in [6.07, 6.45) is 0. The Morgan fingerprint density at radius 2 is 0.796 bits per heavy atom. The molecule has 0 bridgehead atoms. The van der Waals surface area contributed by atoms with Gasteiger partial charge in [0.1, 0.15) is 0 Å². The lowest BCUT2D eigenvalue weighted by Crippen LogP contribution is -2.29. The van der Waals surface area contributed by atoms with Crippen LogP contribution < -0.4 is 15.5 Å². The molecule has 2 aliphatic heterocycles. The average Bonchev–Trinajstić information content (AvgIpc) is 3.52. The van der Waals surface area contributed by atoms with Crippen molar-refractivity contribution in [3.63, 3.8) is 0 Å². The molecule has 6 aromatic carbocycles. The van der Waals surface area contributed by atoms with E-state index in [1.807, 2.05) is 86.6 Å². The lowest BCUT2D eigenvalue weighted by atomic mass is 9.99. The maximum absolute atomic E-state index is 13.5. The molecule has 236 valence electrons. The summed E-state index contributed by atoms with van der Waals surface area (Å²) >= 11 is 0. The van der Waals surface area contributed by atoms with E-state index in [4.69, 9.17) is 5.73 Å². The average molecular weight is 640 g/mol. The fourth-order valence-corrected chi connectivity index (χ4v) is 6.63. The summed E-state index contributed by atoms with van der Waals surface area (Å²) in [4.78, 5) is 56.2. The van der Waals surface area contributed by atoms with E-state index in [0.29, 0.717) is 39.3 Å². The number of carbonyl (C=O) groups is 4. The molecule has 4 amide bonds. The van der Waals surface area contributed by atoms with Gasteiger partial charge in [0.05, 0.1) is 33.6 Å². The fraction of sp³-hybridized carbons (Fsp3) is 0.0476. The lowest BCUT2D eigenvalue weighted by Gasteiger charge is -2.17. The zero-order valence-corrected chi connectivity index (χ0v) is 26.7. The molecule has 0 saturated carbocycles. The van der Waals surface area contributed by atoms with Crippen molar-refractivity contribution in [1.82, 2.24) is 0 Å². The van der Waals surface area contributed by atoms with E-state index >= 15 is 0 Å². The van der Waals surface area contributed by atoms with Crippen LogP contribution in [0.1, 0.15) is 52.6 Å². The number of anilines is 3. The van der Waals surface area contributed by atoms with Crippen LogP contribution in [0.4, 0.5) is 17.1 Å². The molecule has 6 aromatic rings. The van der Waals surface area contributed by atoms with E-state index in [2.05, 4.69) is 0 Å². The number of fused-ring (bicyclic) bond motifs is 2. The van der Waals surface area contributed by atoms with Crippen molar-refractivity contribution < 1.29 is 19.2 Å². The van der Waals surface area contributed by atoms with Crippen LogP contribution in [0.5, 0.6) is 0 Å². The SMILES string of the molecule is Cc1ccc(-c2ccc3c(c2)C(=O)N(c2ccc(-c4ccc(N5C(=O)c6ccc(-c7ccc(N)cc7)cc6C5=O)cc4C)cc2)C3=O)cc1. The van der Waals surface area contributed by atoms with Gasteiger partial charge in [-0.15, -0.1) is 0 Å². The highest BCUT2D eigenvalue weighted by atomic mass is 16.2. The molecule has 0 spiro atoms. The van der Waals surface area contributed by atoms with Crippen LogP contribution in [0, 0.1) is 13.8 Å². The fourth-order valence-electron chi connectivity index (χ4n) is 6.63. The van der Waals surface area contributed by atoms with Gasteiger partial charge in [-0.1, -0.05) is 72.3 Å². The molecule has 7 heteroatoms. The second-order valence-electron chi connectivity index (χ2n) is 12.4. The molecule has 0 aliphatic carbocycles. The van der Waals surface area contributed by atoms with Crippen molar-refractivity contribution in [3.8, 4) is 33.4 Å². The smallest absolute Gasteiger partial charge is 0.266 e. The second-order valence-corrected chi connectivity index (χ2v) is 12.4. The Labute approximate surface area is 282 Å². The number of benzene rings is 6. The Morgan fingerprint density at radius 1 is 0.388 bits per heavy atom. The maximum Gasteiger partial charge on any atom is 0.266 e. The number of imide groups is 2. The third-order valence-corrected chi connectivity index (χ3v) is 9.31. The van der Waals surface area contributed by atoms with Crippen molar-refractivity contribution in [2.75, 3.05) is 15.5 Å². The number of hydrogen-bond donors (Lipinski definition) is 1. The van der Waals surface area contributed by atoms with Crippen LogP contribution in [-0.2, 0) is 0 Å². The quantitative estimate of drug-likeness (QED) is 0.151. The summed E-state index contributed by atoms with van der Waals surface area (Å²) in [5.41, 5.74) is 16.2. The van der Waals surface area contributed by atoms with Crippen LogP contribution in [-0.4, -0.2) is 23.6 Å². The predicted octanol–water partition coefficient (Wildman–Crippen LogP) is 8.49. The predicted molar refractivity (Wildman–Crippen MR) is 192 cm³/mol. The van der Waals surface area contributed by atoms with Gasteiger partial charge in [-0.25, -0.2) is 9.80 Å². The van der Waals surface area contributed by atoms with Crippen LogP contribution in [0.2, 0.25) is 0 Å². The molecule has 0 aromatic heterocycles. The van der Waals surface area contributed by atoms with Crippen LogP contribution in [0.15, 0.2) is 127 Å². The molecule has 49 heavy (non-hydrogen) atoms. The van der Waals surface area contributed by atoms with E-state index in [9.17, 15) is 19.2 Å². The van der Waals surface area contributed by atoms with Crippen LogP contribution in [0.3, 0.4) is 0 Å². The molecule has 0 radical (unpaired) electrons. The number of rotatable bonds is 5. The Hall–Kier alpha value is -6.60. The Kier molecular flexibility index (Phi) is 6.85. The van der Waals surface area contributed by atoms with E-state index < -0.39 is 0 Å². The largest absolute Gasteiger partial charge is 0.399 e. The molecule has 0 fully saturated rings. The minimum absolute atomic E-state index is 0.356. The molecular formula is C42H29N3O4. The highest BCUT2D eigenvalue weighted by molar-refractivity contribution is 6.35. The summed E-state index contributed by atoms with van der Waals surface area (Å²) in [7, 11) is 0. The van der Waals surface area contributed by atoms with Gasteiger partial charge in [0, 0.05) is 5.69 Å². The molecule has 2 aliphatic rings. The second kappa shape index (κ2) is 11.3. The van der Waals surface area contributed by atoms with Gasteiger partial charge in [0.15, 0.2) is 0 Å². The number of nitrogens with two attached hydrogens (primary N) is 1. The third-order valence-electron chi connectivity index (χ3n) is 9.31. The minimum Gasteiger partial charge on any atom is -0.399 e. The molecule has 2 N–H and O–H groups in total. The van der Waals surface area contributed by atoms with Crippen molar-refractivity contribution in [2.45, 2.75) is 13.8 Å². The topological polar surface area (TPSA) is 101 Å². The molecule has 0 atom stereocenters. The Morgan fingerprint density at radius 3 is 1.33 bits per heavy atom. The van der Waals surface area contributed by atoms with Gasteiger partial charge in [-0.3, -0.25) is 19.2 Å². The first-order valence-corrected chi connectivity index (χ1v) is 15.9. The Balaban J connectivity index is 1.03. The molecule has 8 rings (SSSR count). The highest BCUT2D eigenvalue weighted by Crippen LogP contribution is 2.36. The zero-order valence-electron chi connectivity index (χ0n) is 26.7. The van der Waals surface area contributed by atoms with Gasteiger partial charge in [0.2, 0.25) is 0 Å². The number of nitrogens with zero attached hydrogens (tertiary/aromatic N) is 2. The van der Waals surface area contributed by atoms with Crippen LogP contribution >= 0.6 is 0 Å². The third kappa shape index (κ3) is 4.91. The van der Waals surface area contributed by atoms with E-state index in [0.717, 1.165) is 44.5 Å². The molecule has 0 unspecified atom stereocenters. The number of hydrogen-bond acceptors (Lipinski definition) is 5. The molecular weight excluding hydrogens is 610 g/mol. The minimum atomic E-state index is -0.374. The number of nitrogen functional groups attached to an aromatic ring is 1. The summed E-state index contributed by atoms with van der Waals surface area (Å²) in [6.45, 7) is 3.94. The van der Waals surface area contributed by atoms with Gasteiger partial charge in [-0.05, 0) is 113 Å². The first-order chi connectivity index (χ1) is 23.7. The first-order valence-electron chi connectivity index (χ1n) is 15.9. The van der Waals surface area contributed by atoms with E-state index in [-0.39, 0.29) is 23.6 Å². The monoisotopic (exact) mass is 639 g/mol. The highest BCUT2D eigenvalue weighted by Gasteiger charge is 2.38. The number of carbonyl (C=O) groups excluding carboxylic acids is 4.